The molecule has 19 heavy (non-hydrogen) atoms. The number of hydrogen-bond acceptors (Lipinski definition) is 3. The zero-order chi connectivity index (χ0) is 13.2. The van der Waals surface area contributed by atoms with Gasteiger partial charge in [-0.15, -0.1) is 11.3 Å². The first-order valence-electron chi connectivity index (χ1n) is 6.00. The molecule has 0 radical (unpaired) electrons. The van der Waals surface area contributed by atoms with Crippen molar-refractivity contribution in [2.24, 2.45) is 0 Å². The largest absolute Gasteiger partial charge is 0.465 e. The van der Waals surface area contributed by atoms with Crippen molar-refractivity contribution in [3.05, 3.63) is 51.1 Å². The van der Waals surface area contributed by atoms with E-state index in [-0.39, 0.29) is 5.91 Å². The highest BCUT2D eigenvalue weighted by molar-refractivity contribution is 7.16. The summed E-state index contributed by atoms with van der Waals surface area (Å²) in [6, 6.07) is 5.57. The minimum Gasteiger partial charge on any atom is -0.465 e. The Hall–Kier alpha value is -1.52. The number of halogens is 1. The van der Waals surface area contributed by atoms with E-state index in [9.17, 15) is 4.79 Å². The molecule has 3 rings (SSSR count). The smallest absolute Gasteiger partial charge is 0.247 e. The van der Waals surface area contributed by atoms with Crippen molar-refractivity contribution in [2.45, 2.75) is 13.0 Å². The highest BCUT2D eigenvalue weighted by Gasteiger charge is 2.21. The second-order valence-corrected chi connectivity index (χ2v) is 6.13. The van der Waals surface area contributed by atoms with Crippen LogP contribution in [-0.4, -0.2) is 17.4 Å². The maximum absolute atomic E-state index is 12.1. The quantitative estimate of drug-likeness (QED) is 0.793. The lowest BCUT2D eigenvalue weighted by Gasteiger charge is -2.25. The highest BCUT2D eigenvalue weighted by atomic mass is 35.5. The van der Waals surface area contributed by atoms with Gasteiger partial charge in [0.1, 0.15) is 5.76 Å². The van der Waals surface area contributed by atoms with Gasteiger partial charge in [0, 0.05) is 24.0 Å². The molecule has 1 aliphatic heterocycles. The molecule has 0 bridgehead atoms. The lowest BCUT2D eigenvalue weighted by Crippen LogP contribution is -2.34. The van der Waals surface area contributed by atoms with Gasteiger partial charge in [-0.3, -0.25) is 4.79 Å². The first-order valence-corrected chi connectivity index (χ1v) is 7.19. The fraction of sp³-hybridized carbons (Fsp3) is 0.214. The number of furan rings is 1. The average Bonchev–Trinajstić information content (AvgIpc) is 3.02. The second kappa shape index (κ2) is 5.23. The standard InChI is InChI=1S/C14H12ClNO2S/c15-13-8-10-9-16(6-5-12(10)19-13)14(17)4-3-11-2-1-7-18-11/h1-4,7-8H,5-6,9H2/b4-3+. The summed E-state index contributed by atoms with van der Waals surface area (Å²) in [5.74, 6) is 0.689. The Morgan fingerprint density at radius 3 is 3.21 bits per heavy atom. The number of nitrogens with zero attached hydrogens (tertiary/aromatic N) is 1. The summed E-state index contributed by atoms with van der Waals surface area (Å²) in [4.78, 5) is 15.2. The number of amides is 1. The summed E-state index contributed by atoms with van der Waals surface area (Å²) in [7, 11) is 0. The molecule has 3 heterocycles. The second-order valence-electron chi connectivity index (χ2n) is 4.36. The Morgan fingerprint density at radius 1 is 1.53 bits per heavy atom. The van der Waals surface area contributed by atoms with Crippen molar-refractivity contribution in [3.8, 4) is 0 Å². The molecule has 0 saturated heterocycles. The van der Waals surface area contributed by atoms with E-state index in [0.29, 0.717) is 12.3 Å². The van der Waals surface area contributed by atoms with E-state index in [2.05, 4.69) is 0 Å². The van der Waals surface area contributed by atoms with Crippen molar-refractivity contribution in [2.75, 3.05) is 6.54 Å². The van der Waals surface area contributed by atoms with Crippen LogP contribution in [0.5, 0.6) is 0 Å². The van der Waals surface area contributed by atoms with Crippen LogP contribution >= 0.6 is 22.9 Å². The summed E-state index contributed by atoms with van der Waals surface area (Å²) >= 11 is 7.61. The molecule has 5 heteroatoms. The summed E-state index contributed by atoms with van der Waals surface area (Å²) in [5.41, 5.74) is 1.17. The van der Waals surface area contributed by atoms with E-state index >= 15 is 0 Å². The van der Waals surface area contributed by atoms with E-state index in [1.807, 2.05) is 17.0 Å². The topological polar surface area (TPSA) is 33.5 Å². The lowest BCUT2D eigenvalue weighted by atomic mass is 10.1. The lowest BCUT2D eigenvalue weighted by molar-refractivity contribution is -0.126. The molecular formula is C14H12ClNO2S. The van der Waals surface area contributed by atoms with Crippen LogP contribution < -0.4 is 0 Å². The molecule has 3 nitrogen and oxygen atoms in total. The number of rotatable bonds is 2. The van der Waals surface area contributed by atoms with Gasteiger partial charge in [0.15, 0.2) is 0 Å². The van der Waals surface area contributed by atoms with Gasteiger partial charge in [0.2, 0.25) is 5.91 Å². The predicted octanol–water partition coefficient (Wildman–Crippen LogP) is 3.59. The van der Waals surface area contributed by atoms with Crippen LogP contribution in [0.25, 0.3) is 6.08 Å². The molecule has 0 aliphatic carbocycles. The molecule has 0 aromatic carbocycles. The molecular weight excluding hydrogens is 282 g/mol. The first kappa shape index (κ1) is 12.5. The summed E-state index contributed by atoms with van der Waals surface area (Å²) < 4.78 is 5.95. The van der Waals surface area contributed by atoms with Gasteiger partial charge >= 0.3 is 0 Å². The van der Waals surface area contributed by atoms with E-state index < -0.39 is 0 Å². The molecule has 1 amide bonds. The zero-order valence-electron chi connectivity index (χ0n) is 10.1. The third kappa shape index (κ3) is 2.74. The van der Waals surface area contributed by atoms with Crippen LogP contribution in [0.15, 0.2) is 35.0 Å². The van der Waals surface area contributed by atoms with Crippen molar-refractivity contribution < 1.29 is 9.21 Å². The summed E-state index contributed by atoms with van der Waals surface area (Å²) in [5, 5.41) is 0. The molecule has 0 unspecified atom stereocenters. The van der Waals surface area contributed by atoms with E-state index in [4.69, 9.17) is 16.0 Å². The number of fused-ring (bicyclic) bond motifs is 1. The van der Waals surface area contributed by atoms with Crippen LogP contribution in [0.1, 0.15) is 16.2 Å². The third-order valence-electron chi connectivity index (χ3n) is 3.08. The Bertz CT molecular complexity index is 615. The van der Waals surface area contributed by atoms with Crippen molar-refractivity contribution in [1.82, 2.24) is 4.90 Å². The molecule has 0 N–H and O–H groups in total. The normalized spacial score (nSPS) is 14.9. The van der Waals surface area contributed by atoms with Crippen LogP contribution in [-0.2, 0) is 17.8 Å². The zero-order valence-corrected chi connectivity index (χ0v) is 11.7. The monoisotopic (exact) mass is 293 g/mol. The Balaban J connectivity index is 1.69. The van der Waals surface area contributed by atoms with E-state index in [1.165, 1.54) is 10.4 Å². The van der Waals surface area contributed by atoms with Crippen LogP contribution in [0.4, 0.5) is 0 Å². The molecule has 0 saturated carbocycles. The van der Waals surface area contributed by atoms with Crippen molar-refractivity contribution >= 4 is 34.9 Å². The minimum absolute atomic E-state index is 0.00405. The van der Waals surface area contributed by atoms with E-state index in [1.54, 1.807) is 35.8 Å². The van der Waals surface area contributed by atoms with Gasteiger partial charge in [-0.05, 0) is 36.3 Å². The van der Waals surface area contributed by atoms with Crippen molar-refractivity contribution in [3.63, 3.8) is 0 Å². The molecule has 0 fully saturated rings. The van der Waals surface area contributed by atoms with Gasteiger partial charge in [-0.2, -0.15) is 0 Å². The predicted molar refractivity (Wildman–Crippen MR) is 76.2 cm³/mol. The summed E-state index contributed by atoms with van der Waals surface area (Å²) in [6.07, 6.45) is 5.72. The van der Waals surface area contributed by atoms with Gasteiger partial charge in [-0.1, -0.05) is 11.6 Å². The van der Waals surface area contributed by atoms with E-state index in [0.717, 1.165) is 17.3 Å². The number of thiophene rings is 1. The molecule has 1 aliphatic rings. The minimum atomic E-state index is 0.00405. The first-order chi connectivity index (χ1) is 9.22. The van der Waals surface area contributed by atoms with Gasteiger partial charge in [-0.25, -0.2) is 0 Å². The van der Waals surface area contributed by atoms with Crippen LogP contribution in [0.3, 0.4) is 0 Å². The number of hydrogen-bond donors (Lipinski definition) is 0. The maximum atomic E-state index is 12.1. The fourth-order valence-corrected chi connectivity index (χ4v) is 3.43. The summed E-state index contributed by atoms with van der Waals surface area (Å²) in [6.45, 7) is 1.38. The molecule has 98 valence electrons. The highest BCUT2D eigenvalue weighted by Crippen LogP contribution is 2.31. The SMILES string of the molecule is O=C(/C=C/c1ccco1)N1CCc2sc(Cl)cc2C1. The van der Waals surface area contributed by atoms with Gasteiger partial charge < -0.3 is 9.32 Å². The average molecular weight is 294 g/mol. The fourth-order valence-electron chi connectivity index (χ4n) is 2.13. The maximum Gasteiger partial charge on any atom is 0.247 e. The Kier molecular flexibility index (Phi) is 3.44. The third-order valence-corrected chi connectivity index (χ3v) is 4.45. The molecule has 0 spiro atoms. The van der Waals surface area contributed by atoms with Gasteiger partial charge in [0.25, 0.3) is 0 Å². The van der Waals surface area contributed by atoms with Crippen LogP contribution in [0.2, 0.25) is 4.34 Å². The molecule has 2 aromatic heterocycles. The van der Waals surface area contributed by atoms with Crippen LogP contribution in [0, 0.1) is 0 Å². The number of carbonyl (C=O) groups excluding carboxylic acids is 1. The van der Waals surface area contributed by atoms with Gasteiger partial charge in [0.05, 0.1) is 10.6 Å². The van der Waals surface area contributed by atoms with Crippen molar-refractivity contribution in [1.29, 1.82) is 0 Å². The Labute approximate surface area is 120 Å². The number of carbonyl (C=O) groups is 1. The molecule has 2 aromatic rings. The molecule has 0 atom stereocenters. The Morgan fingerprint density at radius 2 is 2.42 bits per heavy atom.